The topological polar surface area (TPSA) is 136 Å². The Labute approximate surface area is 228 Å². The molecule has 1 aliphatic heterocycles. The monoisotopic (exact) mass is 571 g/mol. The summed E-state index contributed by atoms with van der Waals surface area (Å²) in [6.07, 6.45) is -0.322. The van der Waals surface area contributed by atoms with Crippen LogP contribution in [0.15, 0.2) is 93.2 Å². The summed E-state index contributed by atoms with van der Waals surface area (Å²) in [7, 11) is -4.24. The van der Waals surface area contributed by atoms with Gasteiger partial charge < -0.3 is 10.5 Å². The van der Waals surface area contributed by atoms with Crippen molar-refractivity contribution >= 4 is 62.5 Å². The fourth-order valence-electron chi connectivity index (χ4n) is 3.42. The molecule has 1 aliphatic rings. The van der Waals surface area contributed by atoms with E-state index in [1.807, 2.05) is 0 Å². The van der Waals surface area contributed by atoms with Crippen LogP contribution in [0.5, 0.6) is 0 Å². The highest BCUT2D eigenvalue weighted by atomic mass is 35.5. The Bertz CT molecular complexity index is 1540. The van der Waals surface area contributed by atoms with Gasteiger partial charge in [0.2, 0.25) is 0 Å². The van der Waals surface area contributed by atoms with E-state index in [9.17, 15) is 22.8 Å². The zero-order chi connectivity index (χ0) is 27.6. The predicted molar refractivity (Wildman–Crippen MR) is 145 cm³/mol. The molecule has 9 nitrogen and oxygen atoms in total. The van der Waals surface area contributed by atoms with Gasteiger partial charge in [-0.1, -0.05) is 23.4 Å². The lowest BCUT2D eigenvalue weighted by molar-refractivity contribution is -0.120. The lowest BCUT2D eigenvalue weighted by atomic mass is 10.2. The maximum Gasteiger partial charge on any atom is 0.338 e. The molecular formula is C26H22ClN3O6S2. The second-order valence-electron chi connectivity index (χ2n) is 8.38. The zero-order valence-corrected chi connectivity index (χ0v) is 22.6. The van der Waals surface area contributed by atoms with Crippen LogP contribution in [0, 0.1) is 0 Å². The normalized spacial score (nSPS) is 13.8. The first kappa shape index (κ1) is 27.2. The molecule has 4 rings (SSSR count). The summed E-state index contributed by atoms with van der Waals surface area (Å²) in [6.45, 7) is 3.43. The largest absolute Gasteiger partial charge is 0.459 e. The highest BCUT2D eigenvalue weighted by Crippen LogP contribution is 2.37. The number of nitrogens with zero attached hydrogens (tertiary/aromatic N) is 1. The molecule has 0 fully saturated rings. The van der Waals surface area contributed by atoms with E-state index in [0.717, 1.165) is 16.7 Å². The van der Waals surface area contributed by atoms with E-state index in [1.54, 1.807) is 38.1 Å². The fourth-order valence-corrected chi connectivity index (χ4v) is 5.61. The Balaban J connectivity index is 1.70. The Hall–Kier alpha value is -3.80. The number of rotatable bonds is 8. The third-order valence-corrected chi connectivity index (χ3v) is 7.91. The van der Waals surface area contributed by atoms with E-state index in [0.29, 0.717) is 15.6 Å². The fraction of sp³-hybridized carbons (Fsp3) is 0.115. The number of carbonyl (C=O) groups excluding carboxylic acids is 3. The first-order valence-electron chi connectivity index (χ1n) is 11.2. The number of carbonyl (C=O) groups is 3. The van der Waals surface area contributed by atoms with E-state index in [2.05, 4.69) is 4.72 Å². The molecule has 12 heteroatoms. The molecule has 0 aliphatic carbocycles. The minimum absolute atomic E-state index is 0.125. The van der Waals surface area contributed by atoms with Crippen molar-refractivity contribution in [2.75, 3.05) is 10.6 Å². The quantitative estimate of drug-likeness (QED) is 0.231. The molecule has 0 bridgehead atoms. The Morgan fingerprint density at radius 1 is 0.947 bits per heavy atom. The van der Waals surface area contributed by atoms with Crippen LogP contribution < -0.4 is 15.4 Å². The third kappa shape index (κ3) is 5.85. The minimum atomic E-state index is -4.24. The summed E-state index contributed by atoms with van der Waals surface area (Å²) in [5.74, 6) is -2.16. The number of ether oxygens (including phenoxy) is 1. The molecule has 2 amide bonds. The average Bonchev–Trinajstić information content (AvgIpc) is 3.09. The van der Waals surface area contributed by atoms with Crippen molar-refractivity contribution in [1.82, 2.24) is 4.72 Å². The number of amides is 2. The van der Waals surface area contributed by atoms with Gasteiger partial charge in [-0.3, -0.25) is 14.3 Å². The summed E-state index contributed by atoms with van der Waals surface area (Å²) in [4.78, 5) is 40.3. The maximum absolute atomic E-state index is 13.5. The highest BCUT2D eigenvalue weighted by molar-refractivity contribution is 8.04. The second-order valence-corrected chi connectivity index (χ2v) is 11.6. The van der Waals surface area contributed by atoms with Crippen molar-refractivity contribution in [2.24, 2.45) is 0 Å². The smallest absolute Gasteiger partial charge is 0.338 e. The summed E-state index contributed by atoms with van der Waals surface area (Å²) >= 11 is 6.88. The number of esters is 1. The molecule has 38 heavy (non-hydrogen) atoms. The molecule has 0 saturated carbocycles. The van der Waals surface area contributed by atoms with Crippen LogP contribution in [-0.2, 0) is 24.3 Å². The van der Waals surface area contributed by atoms with Crippen LogP contribution in [0.2, 0.25) is 5.02 Å². The molecule has 196 valence electrons. The SMILES string of the molecule is CC(C)OC(=O)c1ccc(N2C(=O)C(NS(=O)(=O)c3ccc(N)cc3)=C(Sc3ccc(Cl)cc3)C2=O)cc1. The Kier molecular flexibility index (Phi) is 7.81. The van der Waals surface area contributed by atoms with E-state index < -0.39 is 33.5 Å². The summed E-state index contributed by atoms with van der Waals surface area (Å²) in [6, 6.07) is 17.6. The van der Waals surface area contributed by atoms with E-state index in [4.69, 9.17) is 22.1 Å². The van der Waals surface area contributed by atoms with Crippen molar-refractivity contribution in [3.63, 3.8) is 0 Å². The highest BCUT2D eigenvalue weighted by Gasteiger charge is 2.42. The Morgan fingerprint density at radius 2 is 1.55 bits per heavy atom. The van der Waals surface area contributed by atoms with Gasteiger partial charge >= 0.3 is 5.97 Å². The van der Waals surface area contributed by atoms with Crippen LogP contribution in [0.1, 0.15) is 24.2 Å². The van der Waals surface area contributed by atoms with Crippen LogP contribution in [-0.4, -0.2) is 32.3 Å². The van der Waals surface area contributed by atoms with Crippen molar-refractivity contribution in [2.45, 2.75) is 29.7 Å². The molecule has 1 heterocycles. The van der Waals surface area contributed by atoms with Gasteiger partial charge in [0.1, 0.15) is 10.6 Å². The number of halogens is 1. The Morgan fingerprint density at radius 3 is 2.13 bits per heavy atom. The van der Waals surface area contributed by atoms with Gasteiger partial charge in [0.05, 0.1) is 22.3 Å². The first-order chi connectivity index (χ1) is 18.0. The number of anilines is 2. The van der Waals surface area contributed by atoms with Crippen LogP contribution in [0.25, 0.3) is 0 Å². The number of nitrogens with one attached hydrogen (secondary N) is 1. The molecule has 0 spiro atoms. The van der Waals surface area contributed by atoms with Crippen LogP contribution in [0.4, 0.5) is 11.4 Å². The maximum atomic E-state index is 13.5. The lowest BCUT2D eigenvalue weighted by Crippen LogP contribution is -2.35. The van der Waals surface area contributed by atoms with Gasteiger partial charge in [0.15, 0.2) is 0 Å². The molecule has 0 unspecified atom stereocenters. The number of nitrogen functional groups attached to an aromatic ring is 1. The number of thioether (sulfide) groups is 1. The van der Waals surface area contributed by atoms with Crippen LogP contribution in [0.3, 0.4) is 0 Å². The van der Waals surface area contributed by atoms with E-state index in [-0.39, 0.29) is 27.2 Å². The summed E-state index contributed by atoms with van der Waals surface area (Å²) in [5.41, 5.74) is 5.99. The zero-order valence-electron chi connectivity index (χ0n) is 20.2. The number of sulfonamides is 1. The molecule has 3 aromatic rings. The standard InChI is InChI=1S/C26H22ClN3O6S2/c1-15(2)36-26(33)16-3-9-19(10-4-16)30-24(31)22(29-38(34,35)21-13-7-18(28)8-14-21)23(25(30)32)37-20-11-5-17(27)6-12-20/h3-15,29H,28H2,1-2H3. The summed E-state index contributed by atoms with van der Waals surface area (Å²) in [5, 5.41) is 0.471. The van der Waals surface area contributed by atoms with Crippen molar-refractivity contribution in [3.05, 3.63) is 94.0 Å². The number of hydrogen-bond acceptors (Lipinski definition) is 8. The molecule has 3 aromatic carbocycles. The minimum Gasteiger partial charge on any atom is -0.459 e. The summed E-state index contributed by atoms with van der Waals surface area (Å²) < 4.78 is 33.6. The van der Waals surface area contributed by atoms with E-state index in [1.165, 1.54) is 48.5 Å². The lowest BCUT2D eigenvalue weighted by Gasteiger charge is -2.16. The molecular weight excluding hydrogens is 550 g/mol. The third-order valence-electron chi connectivity index (χ3n) is 5.21. The van der Waals surface area contributed by atoms with Gasteiger partial charge in [0, 0.05) is 15.6 Å². The van der Waals surface area contributed by atoms with Crippen molar-refractivity contribution in [1.29, 1.82) is 0 Å². The van der Waals surface area contributed by atoms with Gasteiger partial charge in [-0.05, 0) is 86.6 Å². The molecule has 3 N–H and O–H groups in total. The van der Waals surface area contributed by atoms with Gasteiger partial charge in [-0.2, -0.15) is 0 Å². The number of imide groups is 1. The molecule has 0 atom stereocenters. The van der Waals surface area contributed by atoms with E-state index >= 15 is 0 Å². The predicted octanol–water partition coefficient (Wildman–Crippen LogP) is 4.34. The average molecular weight is 572 g/mol. The van der Waals surface area contributed by atoms with Gasteiger partial charge in [-0.15, -0.1) is 0 Å². The number of benzene rings is 3. The molecule has 0 saturated heterocycles. The second kappa shape index (κ2) is 10.9. The molecule has 0 radical (unpaired) electrons. The van der Waals surface area contributed by atoms with Gasteiger partial charge in [0.25, 0.3) is 21.8 Å². The number of hydrogen-bond donors (Lipinski definition) is 2. The van der Waals surface area contributed by atoms with Crippen molar-refractivity contribution in [3.8, 4) is 0 Å². The van der Waals surface area contributed by atoms with Crippen molar-refractivity contribution < 1.29 is 27.5 Å². The van der Waals surface area contributed by atoms with Gasteiger partial charge in [-0.25, -0.2) is 18.1 Å². The molecule has 0 aromatic heterocycles. The first-order valence-corrected chi connectivity index (χ1v) is 13.9. The van der Waals surface area contributed by atoms with Crippen LogP contribution >= 0.6 is 23.4 Å². The number of nitrogens with two attached hydrogens (primary N) is 1.